The summed E-state index contributed by atoms with van der Waals surface area (Å²) in [5.41, 5.74) is 8.59. The first-order valence-electron chi connectivity index (χ1n) is 5.68. The van der Waals surface area contributed by atoms with Crippen LogP contribution in [-0.4, -0.2) is 31.1 Å². The van der Waals surface area contributed by atoms with Crippen LogP contribution in [0.1, 0.15) is 24.0 Å². The zero-order valence-corrected chi connectivity index (χ0v) is 9.61. The Kier molecular flexibility index (Phi) is 3.08. The lowest BCUT2D eigenvalue weighted by molar-refractivity contribution is 0.190. The van der Waals surface area contributed by atoms with Gasteiger partial charge in [-0.1, -0.05) is 24.3 Å². The molecule has 2 rings (SSSR count). The van der Waals surface area contributed by atoms with Gasteiger partial charge >= 0.3 is 0 Å². The van der Waals surface area contributed by atoms with Crippen molar-refractivity contribution in [2.24, 2.45) is 5.73 Å². The van der Waals surface area contributed by atoms with Crippen molar-refractivity contribution < 1.29 is 0 Å². The Balaban J connectivity index is 1.98. The summed E-state index contributed by atoms with van der Waals surface area (Å²) in [6.07, 6.45) is 0.977. The van der Waals surface area contributed by atoms with E-state index >= 15 is 0 Å². The molecule has 0 aliphatic carbocycles. The number of likely N-dealkylation sites (N-methyl/N-ethyl adjacent to an activating group) is 1. The third-order valence-electron chi connectivity index (χ3n) is 3.07. The number of hydrogen-bond acceptors (Lipinski definition) is 2. The van der Waals surface area contributed by atoms with Crippen molar-refractivity contribution in [3.8, 4) is 0 Å². The average Bonchev–Trinajstić information content (AvgIpc) is 2.14. The minimum Gasteiger partial charge on any atom is -0.328 e. The molecule has 0 radical (unpaired) electrons. The number of benzene rings is 1. The van der Waals surface area contributed by atoms with Crippen molar-refractivity contribution in [1.82, 2.24) is 4.90 Å². The standard InChI is InChI=1S/C13H20N2/c1-10(14)7-11-3-5-12(6-4-11)13-8-15(2)9-13/h3-6,10,13H,7-9,14H2,1-2H3. The van der Waals surface area contributed by atoms with Crippen molar-refractivity contribution in [2.75, 3.05) is 20.1 Å². The molecule has 15 heavy (non-hydrogen) atoms. The Labute approximate surface area is 92.1 Å². The molecule has 1 saturated heterocycles. The van der Waals surface area contributed by atoms with Gasteiger partial charge in [-0.15, -0.1) is 0 Å². The van der Waals surface area contributed by atoms with E-state index in [0.717, 1.165) is 12.3 Å². The van der Waals surface area contributed by atoms with Crippen LogP contribution in [-0.2, 0) is 6.42 Å². The van der Waals surface area contributed by atoms with Gasteiger partial charge in [-0.25, -0.2) is 0 Å². The molecule has 1 heterocycles. The second-order valence-corrected chi connectivity index (χ2v) is 4.84. The van der Waals surface area contributed by atoms with Gasteiger partial charge in [0.05, 0.1) is 0 Å². The molecule has 1 aromatic carbocycles. The number of likely N-dealkylation sites (tertiary alicyclic amines) is 1. The molecule has 1 aromatic rings. The first-order chi connectivity index (χ1) is 7.15. The second kappa shape index (κ2) is 4.33. The van der Waals surface area contributed by atoms with E-state index in [0.29, 0.717) is 0 Å². The summed E-state index contributed by atoms with van der Waals surface area (Å²) in [7, 11) is 2.17. The minimum absolute atomic E-state index is 0.255. The quantitative estimate of drug-likeness (QED) is 0.810. The van der Waals surface area contributed by atoms with E-state index in [1.54, 1.807) is 0 Å². The molecule has 0 amide bonds. The normalized spacial score (nSPS) is 19.9. The maximum Gasteiger partial charge on any atom is 0.00933 e. The Morgan fingerprint density at radius 2 is 1.93 bits per heavy atom. The second-order valence-electron chi connectivity index (χ2n) is 4.84. The highest BCUT2D eigenvalue weighted by Crippen LogP contribution is 2.25. The summed E-state index contributed by atoms with van der Waals surface area (Å²) in [6.45, 7) is 4.45. The molecule has 2 heteroatoms. The highest BCUT2D eigenvalue weighted by molar-refractivity contribution is 5.27. The highest BCUT2D eigenvalue weighted by atomic mass is 15.2. The van der Waals surface area contributed by atoms with Crippen LogP contribution in [0.15, 0.2) is 24.3 Å². The zero-order valence-electron chi connectivity index (χ0n) is 9.61. The number of hydrogen-bond donors (Lipinski definition) is 1. The molecule has 1 atom stereocenters. The summed E-state index contributed by atoms with van der Waals surface area (Å²) in [4.78, 5) is 2.35. The van der Waals surface area contributed by atoms with Crippen LogP contribution >= 0.6 is 0 Å². The average molecular weight is 204 g/mol. The molecule has 1 aliphatic heterocycles. The van der Waals surface area contributed by atoms with Gasteiger partial charge in [0, 0.05) is 25.0 Å². The van der Waals surface area contributed by atoms with Gasteiger partial charge in [0.1, 0.15) is 0 Å². The van der Waals surface area contributed by atoms with Gasteiger partial charge in [0.15, 0.2) is 0 Å². The first-order valence-corrected chi connectivity index (χ1v) is 5.68. The van der Waals surface area contributed by atoms with Gasteiger partial charge in [-0.2, -0.15) is 0 Å². The highest BCUT2D eigenvalue weighted by Gasteiger charge is 2.24. The molecule has 82 valence electrons. The largest absolute Gasteiger partial charge is 0.328 e. The van der Waals surface area contributed by atoms with Crippen LogP contribution in [0.4, 0.5) is 0 Å². The van der Waals surface area contributed by atoms with Gasteiger partial charge in [0.2, 0.25) is 0 Å². The lowest BCUT2D eigenvalue weighted by Gasteiger charge is -2.36. The molecule has 0 spiro atoms. The van der Waals surface area contributed by atoms with E-state index in [1.165, 1.54) is 24.2 Å². The van der Waals surface area contributed by atoms with E-state index in [9.17, 15) is 0 Å². The van der Waals surface area contributed by atoms with Crippen LogP contribution in [0.25, 0.3) is 0 Å². The van der Waals surface area contributed by atoms with E-state index < -0.39 is 0 Å². The Bertz CT molecular complexity index is 310. The number of nitrogens with zero attached hydrogens (tertiary/aromatic N) is 1. The van der Waals surface area contributed by atoms with Crippen LogP contribution in [0, 0.1) is 0 Å². The van der Waals surface area contributed by atoms with Crippen LogP contribution in [0.5, 0.6) is 0 Å². The Morgan fingerprint density at radius 1 is 1.33 bits per heavy atom. The van der Waals surface area contributed by atoms with Crippen molar-refractivity contribution in [3.05, 3.63) is 35.4 Å². The smallest absolute Gasteiger partial charge is 0.00933 e. The molecule has 2 nitrogen and oxygen atoms in total. The molecule has 1 fully saturated rings. The minimum atomic E-state index is 0.255. The topological polar surface area (TPSA) is 29.3 Å². The molecular formula is C13H20N2. The lowest BCUT2D eigenvalue weighted by Crippen LogP contribution is -2.41. The van der Waals surface area contributed by atoms with Crippen molar-refractivity contribution >= 4 is 0 Å². The SMILES string of the molecule is CC(N)Cc1ccc(C2CN(C)C2)cc1. The van der Waals surface area contributed by atoms with Crippen molar-refractivity contribution in [1.29, 1.82) is 0 Å². The van der Waals surface area contributed by atoms with E-state index in [4.69, 9.17) is 5.73 Å². The van der Waals surface area contributed by atoms with Gasteiger partial charge in [0.25, 0.3) is 0 Å². The summed E-state index contributed by atoms with van der Waals surface area (Å²) in [5, 5.41) is 0. The van der Waals surface area contributed by atoms with Crippen LogP contribution < -0.4 is 5.73 Å². The lowest BCUT2D eigenvalue weighted by atomic mass is 9.91. The fraction of sp³-hybridized carbons (Fsp3) is 0.538. The maximum atomic E-state index is 5.77. The van der Waals surface area contributed by atoms with E-state index in [-0.39, 0.29) is 6.04 Å². The maximum absolute atomic E-state index is 5.77. The van der Waals surface area contributed by atoms with Crippen LogP contribution in [0.3, 0.4) is 0 Å². The summed E-state index contributed by atoms with van der Waals surface area (Å²) in [6, 6.07) is 9.21. The molecular weight excluding hydrogens is 184 g/mol. The monoisotopic (exact) mass is 204 g/mol. The predicted molar refractivity (Wildman–Crippen MR) is 64.0 cm³/mol. The fourth-order valence-corrected chi connectivity index (χ4v) is 2.21. The first kappa shape index (κ1) is 10.7. The molecule has 1 unspecified atom stereocenters. The third kappa shape index (κ3) is 2.58. The molecule has 2 N–H and O–H groups in total. The van der Waals surface area contributed by atoms with Crippen LogP contribution in [0.2, 0.25) is 0 Å². The summed E-state index contributed by atoms with van der Waals surface area (Å²) < 4.78 is 0. The van der Waals surface area contributed by atoms with E-state index in [1.807, 2.05) is 0 Å². The molecule has 1 aliphatic rings. The Hall–Kier alpha value is -0.860. The number of rotatable bonds is 3. The van der Waals surface area contributed by atoms with Gasteiger partial charge in [-0.3, -0.25) is 0 Å². The summed E-state index contributed by atoms with van der Waals surface area (Å²) in [5.74, 6) is 0.749. The predicted octanol–water partition coefficient (Wildman–Crippen LogP) is 1.61. The zero-order chi connectivity index (χ0) is 10.8. The molecule has 0 bridgehead atoms. The van der Waals surface area contributed by atoms with Crippen molar-refractivity contribution in [3.63, 3.8) is 0 Å². The summed E-state index contributed by atoms with van der Waals surface area (Å²) >= 11 is 0. The number of nitrogens with two attached hydrogens (primary N) is 1. The van der Waals surface area contributed by atoms with Crippen molar-refractivity contribution in [2.45, 2.75) is 25.3 Å². The Morgan fingerprint density at radius 3 is 2.40 bits per heavy atom. The van der Waals surface area contributed by atoms with E-state index in [2.05, 4.69) is 43.1 Å². The fourth-order valence-electron chi connectivity index (χ4n) is 2.21. The molecule has 0 aromatic heterocycles. The van der Waals surface area contributed by atoms with Gasteiger partial charge < -0.3 is 10.6 Å². The molecule has 0 saturated carbocycles. The third-order valence-corrected chi connectivity index (χ3v) is 3.07. The van der Waals surface area contributed by atoms with Gasteiger partial charge in [-0.05, 0) is 31.5 Å².